The summed E-state index contributed by atoms with van der Waals surface area (Å²) in [6.07, 6.45) is 0. The van der Waals surface area contributed by atoms with Gasteiger partial charge in [-0.2, -0.15) is 12.1 Å². The fourth-order valence-electron chi connectivity index (χ4n) is 7.45. The molecule has 0 N–H and O–H groups in total. The molecule has 0 heterocycles. The number of benzene rings is 4. The first-order chi connectivity index (χ1) is 26.1. The first-order valence-electron chi connectivity index (χ1n) is 20.2. The molecule has 302 valence electrons. The quantitative estimate of drug-likeness (QED) is 0.126. The molecular weight excluding hydrogens is 844 g/mol. The van der Waals surface area contributed by atoms with Gasteiger partial charge in [0.05, 0.1) is 0 Å². The van der Waals surface area contributed by atoms with Crippen LogP contribution in [0.3, 0.4) is 0 Å². The Morgan fingerprint density at radius 3 is 1.11 bits per heavy atom. The van der Waals surface area contributed by atoms with Gasteiger partial charge < -0.3 is 4.14 Å². The Morgan fingerprint density at radius 2 is 0.842 bits per heavy atom. The molecule has 0 atom stereocenters. The van der Waals surface area contributed by atoms with E-state index >= 15 is 0 Å². The van der Waals surface area contributed by atoms with Crippen molar-refractivity contribution in [3.05, 3.63) is 129 Å². The van der Waals surface area contributed by atoms with Crippen molar-refractivity contribution in [1.82, 2.24) is 4.14 Å². The zero-order valence-electron chi connectivity index (χ0n) is 38.4. The van der Waals surface area contributed by atoms with E-state index in [0.29, 0.717) is 0 Å². The van der Waals surface area contributed by atoms with Crippen molar-refractivity contribution in [2.75, 3.05) is 0 Å². The number of nitrogens with zero attached hydrogens (tertiary/aromatic N) is 1. The van der Waals surface area contributed by atoms with Gasteiger partial charge in [-0.05, 0) is 85.8 Å². The van der Waals surface area contributed by atoms with Gasteiger partial charge in [0.1, 0.15) is 16.5 Å². The molecule has 0 spiro atoms. The Kier molecular flexibility index (Phi) is 17.0. The Bertz CT molecular complexity index is 2110. The summed E-state index contributed by atoms with van der Waals surface area (Å²) in [7, 11) is 13.4. The molecule has 0 fully saturated rings. The SMILES string of the molecule is Cc1cc(C)c(C)c(-c2cccc3[cH-]c(C(C)(C)C)cc23)c1.Cc1cc(C)c(C)c(-c2cccc3[cH-]c(C(C)(C)C)cc23)c1.[B]N([Si](C)(C)C)[Si](C)(C)C.[Cl][Zr+2][Cl]. The number of hydrogen-bond acceptors (Lipinski definition) is 1. The van der Waals surface area contributed by atoms with E-state index in [1.165, 1.54) is 88.3 Å². The molecule has 0 aromatic heterocycles. The second-order valence-corrected chi connectivity index (χ2v) is 33.7. The van der Waals surface area contributed by atoms with Crippen LogP contribution in [0.4, 0.5) is 0 Å². The first kappa shape index (κ1) is 49.4. The normalized spacial score (nSPS) is 12.0. The molecule has 6 rings (SSSR count). The van der Waals surface area contributed by atoms with Gasteiger partial charge in [-0.15, -0.1) is 69.1 Å². The second-order valence-electron chi connectivity index (χ2n) is 19.9. The van der Waals surface area contributed by atoms with Crippen molar-refractivity contribution in [2.24, 2.45) is 0 Å². The molecule has 2 radical (unpaired) electrons. The predicted octanol–water partition coefficient (Wildman–Crippen LogP) is 16.3. The van der Waals surface area contributed by atoms with Gasteiger partial charge in [-0.1, -0.05) is 139 Å². The van der Waals surface area contributed by atoms with Gasteiger partial charge in [-0.25, -0.2) is 0 Å². The molecule has 57 heavy (non-hydrogen) atoms. The third-order valence-electron chi connectivity index (χ3n) is 10.9. The van der Waals surface area contributed by atoms with Crippen LogP contribution in [-0.4, -0.2) is 28.6 Å². The van der Waals surface area contributed by atoms with Crippen molar-refractivity contribution in [1.29, 1.82) is 0 Å². The summed E-state index contributed by atoms with van der Waals surface area (Å²) in [6, 6.07) is 32.0. The second kappa shape index (κ2) is 19.6. The van der Waals surface area contributed by atoms with E-state index in [2.05, 4.69) is 211 Å². The van der Waals surface area contributed by atoms with Crippen LogP contribution in [-0.2, 0) is 31.7 Å². The maximum absolute atomic E-state index is 5.98. The molecule has 0 bridgehead atoms. The molecule has 1 nitrogen and oxygen atoms in total. The number of hydrogen-bond donors (Lipinski definition) is 0. The summed E-state index contributed by atoms with van der Waals surface area (Å²) in [5.74, 6) is 0. The van der Waals surface area contributed by atoms with E-state index in [9.17, 15) is 0 Å². The average Bonchev–Trinajstić information content (AvgIpc) is 3.74. The van der Waals surface area contributed by atoms with E-state index in [-0.39, 0.29) is 10.8 Å². The topological polar surface area (TPSA) is 3.24 Å². The molecular formula is C50H68BCl2NSi2Zr. The standard InChI is InChI=1S/2C22H25.C6H18BNSi2.2ClH.Zr/c2*1-14-10-15(2)16(3)20(11-14)19-9-7-8-17-12-18(13-21(17)19)22(4,5)6;1-9(2,3)8(7)10(4,5)6;;;/h2*7-13H,1-6H3;1-6H3;2*1H;/q2*-1;;;;+4/p-2. The molecule has 7 heteroatoms. The van der Waals surface area contributed by atoms with E-state index < -0.39 is 37.3 Å². The van der Waals surface area contributed by atoms with Crippen LogP contribution in [0.2, 0.25) is 39.3 Å². The van der Waals surface area contributed by atoms with Crippen LogP contribution < -0.4 is 0 Å². The minimum atomic E-state index is -1.22. The van der Waals surface area contributed by atoms with Crippen molar-refractivity contribution in [3.8, 4) is 22.3 Å². The van der Waals surface area contributed by atoms with E-state index in [4.69, 9.17) is 25.0 Å². The van der Waals surface area contributed by atoms with Crippen LogP contribution in [0.1, 0.15) is 86.1 Å². The Hall–Kier alpha value is -1.98. The summed E-state index contributed by atoms with van der Waals surface area (Å²) in [4.78, 5) is 0. The van der Waals surface area contributed by atoms with Crippen molar-refractivity contribution in [3.63, 3.8) is 0 Å². The molecule has 0 unspecified atom stereocenters. The van der Waals surface area contributed by atoms with Gasteiger partial charge in [0, 0.05) is 0 Å². The summed E-state index contributed by atoms with van der Waals surface area (Å²) < 4.78 is 2.15. The molecule has 6 aromatic rings. The zero-order chi connectivity index (χ0) is 43.4. The summed E-state index contributed by atoms with van der Waals surface area (Å²) >= 11 is -0.826. The van der Waals surface area contributed by atoms with Crippen molar-refractivity contribution >= 4 is 63.0 Å². The predicted molar refractivity (Wildman–Crippen MR) is 262 cm³/mol. The monoisotopic (exact) mass is 909 g/mol. The molecule has 0 aliphatic carbocycles. The molecule has 0 amide bonds. The third-order valence-corrected chi connectivity index (χ3v) is 17.8. The molecule has 0 saturated heterocycles. The third kappa shape index (κ3) is 13.0. The Morgan fingerprint density at radius 1 is 0.526 bits per heavy atom. The van der Waals surface area contributed by atoms with E-state index in [1.54, 1.807) is 0 Å². The van der Waals surface area contributed by atoms with Crippen molar-refractivity contribution < 1.29 is 20.8 Å². The number of halogens is 2. The van der Waals surface area contributed by atoms with Crippen LogP contribution in [0.15, 0.2) is 84.9 Å². The van der Waals surface area contributed by atoms with Gasteiger partial charge in [-0.3, -0.25) is 0 Å². The van der Waals surface area contributed by atoms with Crippen LogP contribution in [0, 0.1) is 41.5 Å². The summed E-state index contributed by atoms with van der Waals surface area (Å²) in [5, 5.41) is 5.45. The molecule has 0 saturated carbocycles. The molecule has 0 aliphatic rings. The van der Waals surface area contributed by atoms with Crippen LogP contribution in [0.25, 0.3) is 43.8 Å². The summed E-state index contributed by atoms with van der Waals surface area (Å²) in [5.41, 5.74) is 16.8. The fourth-order valence-corrected chi connectivity index (χ4v) is 15.5. The molecule has 6 aromatic carbocycles. The van der Waals surface area contributed by atoms with Gasteiger partial charge in [0.25, 0.3) is 0 Å². The average molecular weight is 912 g/mol. The first-order valence-corrected chi connectivity index (χ1v) is 33.4. The van der Waals surface area contributed by atoms with Gasteiger partial charge in [0.2, 0.25) is 0 Å². The fraction of sp³-hybridized carbons (Fsp3) is 0.400. The van der Waals surface area contributed by atoms with Gasteiger partial charge >= 0.3 is 37.9 Å². The minimum absolute atomic E-state index is 0.188. The number of rotatable bonds is 4. The molecule has 0 aliphatic heterocycles. The van der Waals surface area contributed by atoms with E-state index in [0.717, 1.165) is 0 Å². The Labute approximate surface area is 370 Å². The Balaban J connectivity index is 0.000000236. The summed E-state index contributed by atoms with van der Waals surface area (Å²) in [6.45, 7) is 40.6. The van der Waals surface area contributed by atoms with Crippen LogP contribution >= 0.6 is 17.0 Å². The van der Waals surface area contributed by atoms with E-state index in [1.807, 2.05) is 0 Å². The number of fused-ring (bicyclic) bond motifs is 2. The van der Waals surface area contributed by atoms with Crippen LogP contribution in [0.5, 0.6) is 0 Å². The van der Waals surface area contributed by atoms with Crippen molar-refractivity contribution in [2.45, 2.75) is 133 Å². The zero-order valence-corrected chi connectivity index (χ0v) is 44.3. The van der Waals surface area contributed by atoms with Gasteiger partial charge in [0.15, 0.2) is 7.98 Å². The number of aryl methyl sites for hydroxylation is 4. The maximum atomic E-state index is 5.98.